The molecule has 130 valence electrons. The number of hydrogen-bond donors (Lipinski definition) is 3. The van der Waals surface area contributed by atoms with Gasteiger partial charge in [-0.3, -0.25) is 0 Å². The summed E-state index contributed by atoms with van der Waals surface area (Å²) in [5.74, 6) is 10.9. The summed E-state index contributed by atoms with van der Waals surface area (Å²) in [5, 5.41) is 9.24. The van der Waals surface area contributed by atoms with Crippen LogP contribution in [0, 0.1) is 9.81 Å². The van der Waals surface area contributed by atoms with Gasteiger partial charge in [0, 0.05) is 6.04 Å². The average molecular weight is 343 g/mol. The highest BCUT2D eigenvalue weighted by Gasteiger charge is 2.23. The number of benzene rings is 2. The lowest BCUT2D eigenvalue weighted by molar-refractivity contribution is 0.334. The first-order chi connectivity index (χ1) is 12.2. The van der Waals surface area contributed by atoms with E-state index in [1.54, 1.807) is 30.3 Å². The summed E-state index contributed by atoms with van der Waals surface area (Å²) in [5.41, 5.74) is 3.19. The molecule has 0 saturated heterocycles. The van der Waals surface area contributed by atoms with E-state index in [1.165, 1.54) is 0 Å². The largest absolute Gasteiger partial charge is 0.409 e. The van der Waals surface area contributed by atoms with Gasteiger partial charge in [-0.15, -0.1) is 9.81 Å². The van der Waals surface area contributed by atoms with Gasteiger partial charge >= 0.3 is 0 Å². The molecule has 9 heteroatoms. The van der Waals surface area contributed by atoms with E-state index >= 15 is 0 Å². The molecule has 2 aromatic carbocycles. The van der Waals surface area contributed by atoms with E-state index in [0.717, 1.165) is 29.7 Å². The van der Waals surface area contributed by atoms with Crippen LogP contribution in [-0.2, 0) is 12.8 Å². The Morgan fingerprint density at radius 2 is 1.76 bits per heavy atom. The molecule has 3 rings (SSSR count). The van der Waals surface area contributed by atoms with E-state index in [4.69, 9.17) is 21.5 Å². The van der Waals surface area contributed by atoms with Crippen LogP contribution in [0.3, 0.4) is 0 Å². The third-order valence-electron chi connectivity index (χ3n) is 4.30. The zero-order valence-electron chi connectivity index (χ0n) is 13.3. The molecule has 1 aliphatic rings. The Hall–Kier alpha value is -2.88. The van der Waals surface area contributed by atoms with Gasteiger partial charge in [0.05, 0.1) is 0 Å². The molecular weight excluding hydrogens is 326 g/mol. The summed E-state index contributed by atoms with van der Waals surface area (Å²) >= 11 is 0. The van der Waals surface area contributed by atoms with Crippen molar-refractivity contribution in [2.45, 2.75) is 18.9 Å². The minimum atomic E-state index is -0.0447. The fourth-order valence-electron chi connectivity index (χ4n) is 3.10. The van der Waals surface area contributed by atoms with E-state index in [-0.39, 0.29) is 28.9 Å². The van der Waals surface area contributed by atoms with Crippen molar-refractivity contribution >= 4 is 11.4 Å². The topological polar surface area (TPSA) is 141 Å². The maximum absolute atomic E-state index is 11.0. The van der Waals surface area contributed by atoms with Gasteiger partial charge in [0.1, 0.15) is 0 Å². The van der Waals surface area contributed by atoms with Crippen molar-refractivity contribution in [2.24, 2.45) is 22.1 Å². The molecule has 2 aromatic rings. The van der Waals surface area contributed by atoms with Crippen LogP contribution in [-0.4, -0.2) is 6.54 Å². The van der Waals surface area contributed by atoms with Crippen molar-refractivity contribution in [3.05, 3.63) is 56.8 Å². The fraction of sp³-hybridized carbons (Fsp3) is 0.250. The van der Waals surface area contributed by atoms with E-state index in [0.29, 0.717) is 6.42 Å². The molecule has 0 spiro atoms. The number of fused-ring (bicyclic) bond motifs is 1. The van der Waals surface area contributed by atoms with Crippen LogP contribution < -0.4 is 26.8 Å². The lowest BCUT2D eigenvalue weighted by atomic mass is 9.89. The van der Waals surface area contributed by atoms with Crippen LogP contribution >= 0.6 is 0 Å². The molecule has 5 N–H and O–H groups in total. The summed E-state index contributed by atoms with van der Waals surface area (Å²) in [6.07, 6.45) is 1.39. The smallest absolute Gasteiger partial charge is 0.176 e. The van der Waals surface area contributed by atoms with Gasteiger partial charge in [-0.2, -0.15) is 11.8 Å². The Labute approximate surface area is 143 Å². The van der Waals surface area contributed by atoms with Crippen LogP contribution in [0.5, 0.6) is 11.5 Å². The zero-order valence-corrected chi connectivity index (χ0v) is 13.3. The van der Waals surface area contributed by atoms with Crippen molar-refractivity contribution < 1.29 is 9.68 Å². The Kier molecular flexibility index (Phi) is 4.98. The lowest BCUT2D eigenvalue weighted by Gasteiger charge is -2.28. The second kappa shape index (κ2) is 7.34. The van der Waals surface area contributed by atoms with Crippen LogP contribution in [0.2, 0.25) is 0 Å². The van der Waals surface area contributed by atoms with E-state index < -0.39 is 0 Å². The van der Waals surface area contributed by atoms with Crippen LogP contribution in [0.25, 0.3) is 0 Å². The summed E-state index contributed by atoms with van der Waals surface area (Å²) < 4.78 is 0. The van der Waals surface area contributed by atoms with Gasteiger partial charge in [-0.05, 0) is 70.7 Å². The van der Waals surface area contributed by atoms with Crippen molar-refractivity contribution in [3.63, 3.8) is 0 Å². The van der Waals surface area contributed by atoms with E-state index in [9.17, 15) is 9.81 Å². The minimum Gasteiger partial charge on any atom is -0.409 e. The zero-order chi connectivity index (χ0) is 17.8. The first-order valence-electron chi connectivity index (χ1n) is 7.63. The summed E-state index contributed by atoms with van der Waals surface area (Å²) in [6.45, 7) is 0.768. The van der Waals surface area contributed by atoms with Gasteiger partial charge in [-0.25, -0.2) is 0 Å². The highest BCUT2D eigenvalue weighted by molar-refractivity contribution is 5.58. The molecule has 0 saturated carbocycles. The van der Waals surface area contributed by atoms with Crippen molar-refractivity contribution in [2.75, 3.05) is 6.54 Å². The predicted molar refractivity (Wildman–Crippen MR) is 91.6 cm³/mol. The van der Waals surface area contributed by atoms with E-state index in [2.05, 4.69) is 15.7 Å². The third kappa shape index (κ3) is 3.33. The van der Waals surface area contributed by atoms with E-state index in [1.807, 2.05) is 0 Å². The van der Waals surface area contributed by atoms with Crippen LogP contribution in [0.4, 0.5) is 11.4 Å². The Balaban J connectivity index is 1.93. The highest BCUT2D eigenvalue weighted by atomic mass is 16.6. The second-order valence-corrected chi connectivity index (χ2v) is 5.70. The second-order valence-electron chi connectivity index (χ2n) is 5.70. The van der Waals surface area contributed by atoms with Crippen LogP contribution in [0.1, 0.15) is 22.7 Å². The number of nitrogens with one attached hydrogen (secondary N) is 1. The van der Waals surface area contributed by atoms with Gasteiger partial charge in [0.25, 0.3) is 0 Å². The third-order valence-corrected chi connectivity index (χ3v) is 4.30. The minimum absolute atomic E-state index is 0.0447. The number of hydrogen-bond acceptors (Lipinski definition) is 9. The predicted octanol–water partition coefficient (Wildman–Crippen LogP) is 2.42. The molecule has 1 heterocycles. The molecular formula is C16H17N5O4. The van der Waals surface area contributed by atoms with Crippen molar-refractivity contribution in [3.8, 4) is 11.5 Å². The molecule has 0 aliphatic carbocycles. The molecule has 25 heavy (non-hydrogen) atoms. The molecule has 0 fully saturated rings. The molecule has 0 radical (unpaired) electrons. The summed E-state index contributed by atoms with van der Waals surface area (Å²) in [6, 6.07) is 8.39. The van der Waals surface area contributed by atoms with Gasteiger partial charge < -0.3 is 15.0 Å². The van der Waals surface area contributed by atoms with Crippen LogP contribution in [0.15, 0.2) is 40.7 Å². The normalized spacial score (nSPS) is 16.0. The maximum atomic E-state index is 11.0. The number of nitroso groups, excluding NO2 is 2. The van der Waals surface area contributed by atoms with Crippen molar-refractivity contribution in [1.82, 2.24) is 5.32 Å². The summed E-state index contributed by atoms with van der Waals surface area (Å²) in [7, 11) is 0. The SMILES string of the molecule is NOc1cc(CC2NCCc3cc(ON)c(N=O)cc32)ccc1N=O. The molecule has 0 aromatic heterocycles. The molecule has 0 amide bonds. The highest BCUT2D eigenvalue weighted by Crippen LogP contribution is 2.37. The quantitative estimate of drug-likeness (QED) is 0.540. The molecule has 0 bridgehead atoms. The van der Waals surface area contributed by atoms with Gasteiger partial charge in [-0.1, -0.05) is 6.07 Å². The average Bonchev–Trinajstić information content (AvgIpc) is 2.66. The monoisotopic (exact) mass is 343 g/mol. The molecule has 9 nitrogen and oxygen atoms in total. The standard InChI is InChI=1S/C16H17N5O4/c17-24-15-6-9(1-2-12(15)20-22)5-13-11-8-14(21-23)16(25-18)7-10(11)3-4-19-13/h1-2,6-8,13,19H,3-5,17-18H2. The lowest BCUT2D eigenvalue weighted by Crippen LogP contribution is -2.31. The molecule has 1 aliphatic heterocycles. The van der Waals surface area contributed by atoms with Gasteiger partial charge in [0.2, 0.25) is 0 Å². The Morgan fingerprint density at radius 1 is 1.04 bits per heavy atom. The summed E-state index contributed by atoms with van der Waals surface area (Å²) in [4.78, 5) is 31.2. The Morgan fingerprint density at radius 3 is 2.44 bits per heavy atom. The number of nitrogens with two attached hydrogens (primary N) is 2. The molecule has 1 atom stereocenters. The number of nitrogens with zero attached hydrogens (tertiary/aromatic N) is 2. The van der Waals surface area contributed by atoms with Gasteiger partial charge in [0.15, 0.2) is 22.9 Å². The number of rotatable bonds is 6. The first-order valence-corrected chi connectivity index (χ1v) is 7.63. The Bertz CT molecular complexity index is 811. The fourth-order valence-corrected chi connectivity index (χ4v) is 3.10. The first kappa shape index (κ1) is 17.0. The van der Waals surface area contributed by atoms with Crippen molar-refractivity contribution in [1.29, 1.82) is 0 Å². The maximum Gasteiger partial charge on any atom is 0.176 e. The molecule has 1 unspecified atom stereocenters.